The van der Waals surface area contributed by atoms with E-state index in [0.29, 0.717) is 5.02 Å². The van der Waals surface area contributed by atoms with Gasteiger partial charge in [0, 0.05) is 14.2 Å². The molecule has 0 aliphatic carbocycles. The number of carbonyl (C=O) groups excluding carboxylic acids is 3. The van der Waals surface area contributed by atoms with Crippen LogP contribution in [0.15, 0.2) is 35.9 Å². The average molecular weight is 513 g/mol. The van der Waals surface area contributed by atoms with Gasteiger partial charge in [-0.2, -0.15) is 0 Å². The molecular formula is C19H14ClIN2O5. The zero-order valence-electron chi connectivity index (χ0n) is 14.7. The van der Waals surface area contributed by atoms with Crippen molar-refractivity contribution >= 4 is 63.8 Å². The normalized spacial score (nSPS) is 15.8. The van der Waals surface area contributed by atoms with E-state index in [1.165, 1.54) is 19.3 Å². The highest BCUT2D eigenvalue weighted by molar-refractivity contribution is 14.1. The van der Waals surface area contributed by atoms with Gasteiger partial charge in [-0.15, -0.1) is 0 Å². The quantitative estimate of drug-likeness (QED) is 0.372. The molecule has 0 spiro atoms. The van der Waals surface area contributed by atoms with Gasteiger partial charge in [0.2, 0.25) is 0 Å². The summed E-state index contributed by atoms with van der Waals surface area (Å²) in [4.78, 5) is 38.3. The Labute approximate surface area is 179 Å². The number of nitrogens with zero attached hydrogens (tertiary/aromatic N) is 1. The number of amides is 4. The fourth-order valence-corrected chi connectivity index (χ4v) is 3.42. The lowest BCUT2D eigenvalue weighted by Gasteiger charge is -2.26. The molecule has 0 aromatic heterocycles. The number of urea groups is 1. The van der Waals surface area contributed by atoms with Crippen molar-refractivity contribution in [3.05, 3.63) is 55.6 Å². The van der Waals surface area contributed by atoms with Crippen molar-refractivity contribution < 1.29 is 24.2 Å². The first-order chi connectivity index (χ1) is 13.2. The number of imide groups is 2. The molecule has 1 saturated heterocycles. The number of benzene rings is 2. The van der Waals surface area contributed by atoms with E-state index in [1.807, 2.05) is 22.6 Å². The van der Waals surface area contributed by atoms with Crippen molar-refractivity contribution in [2.24, 2.45) is 0 Å². The maximum Gasteiger partial charge on any atom is 0.335 e. The number of aromatic hydroxyl groups is 1. The fourth-order valence-electron chi connectivity index (χ4n) is 2.63. The predicted octanol–water partition coefficient (Wildman–Crippen LogP) is 3.63. The van der Waals surface area contributed by atoms with Crippen LogP contribution in [-0.2, 0) is 9.59 Å². The van der Waals surface area contributed by atoms with Crippen molar-refractivity contribution in [2.45, 2.75) is 6.92 Å². The minimum atomic E-state index is -0.878. The number of phenols is 1. The van der Waals surface area contributed by atoms with Gasteiger partial charge in [-0.1, -0.05) is 17.7 Å². The summed E-state index contributed by atoms with van der Waals surface area (Å²) in [6, 6.07) is 6.98. The number of ether oxygens (including phenoxy) is 1. The number of phenolic OH excluding ortho intramolecular Hbond substituents is 1. The second-order valence-corrected chi connectivity index (χ2v) is 7.59. The summed E-state index contributed by atoms with van der Waals surface area (Å²) < 4.78 is 5.82. The Hall–Kier alpha value is -2.59. The second kappa shape index (κ2) is 7.80. The van der Waals surface area contributed by atoms with Crippen LogP contribution in [0.3, 0.4) is 0 Å². The van der Waals surface area contributed by atoms with Gasteiger partial charge in [-0.3, -0.25) is 14.9 Å². The third kappa shape index (κ3) is 3.69. The Balaban J connectivity index is 2.09. The molecule has 2 aromatic carbocycles. The summed E-state index contributed by atoms with van der Waals surface area (Å²) >= 11 is 8.11. The lowest BCUT2D eigenvalue weighted by atomic mass is 10.1. The number of nitrogens with one attached hydrogen (secondary N) is 1. The van der Waals surface area contributed by atoms with Gasteiger partial charge in [0.25, 0.3) is 11.8 Å². The molecule has 0 atom stereocenters. The molecule has 28 heavy (non-hydrogen) atoms. The first-order valence-corrected chi connectivity index (χ1v) is 9.42. The molecule has 0 saturated carbocycles. The molecule has 4 amide bonds. The number of hydrogen-bond donors (Lipinski definition) is 2. The zero-order chi connectivity index (χ0) is 20.6. The van der Waals surface area contributed by atoms with E-state index >= 15 is 0 Å². The van der Waals surface area contributed by atoms with Crippen molar-refractivity contribution in [3.8, 4) is 11.5 Å². The fraction of sp³-hybridized carbons (Fsp3) is 0.105. The highest BCUT2D eigenvalue weighted by Gasteiger charge is 2.37. The molecule has 7 nitrogen and oxygen atoms in total. The number of aryl methyl sites for hydroxylation is 1. The Morgan fingerprint density at radius 3 is 2.57 bits per heavy atom. The van der Waals surface area contributed by atoms with Gasteiger partial charge in [-0.05, 0) is 65.4 Å². The Bertz CT molecular complexity index is 1050. The third-order valence-corrected chi connectivity index (χ3v) is 5.13. The van der Waals surface area contributed by atoms with Crippen LogP contribution in [0, 0.1) is 10.5 Å². The minimum Gasteiger partial charge on any atom is -0.504 e. The summed E-state index contributed by atoms with van der Waals surface area (Å²) in [5.74, 6) is -1.72. The van der Waals surface area contributed by atoms with Gasteiger partial charge in [-0.25, -0.2) is 9.69 Å². The van der Waals surface area contributed by atoms with Crippen LogP contribution in [0.4, 0.5) is 10.5 Å². The van der Waals surface area contributed by atoms with Crippen LogP contribution in [-0.4, -0.2) is 30.1 Å². The maximum atomic E-state index is 12.9. The molecular weight excluding hydrogens is 499 g/mol. The van der Waals surface area contributed by atoms with E-state index in [2.05, 4.69) is 5.32 Å². The number of barbiturate groups is 1. The largest absolute Gasteiger partial charge is 0.504 e. The van der Waals surface area contributed by atoms with Gasteiger partial charge < -0.3 is 9.84 Å². The van der Waals surface area contributed by atoms with Crippen LogP contribution < -0.4 is 15.0 Å². The van der Waals surface area contributed by atoms with Gasteiger partial charge in [0.05, 0.1) is 12.8 Å². The molecule has 2 N–H and O–H groups in total. The molecule has 1 heterocycles. The van der Waals surface area contributed by atoms with Crippen molar-refractivity contribution in [1.82, 2.24) is 5.32 Å². The van der Waals surface area contributed by atoms with E-state index in [1.54, 1.807) is 31.2 Å². The number of rotatable bonds is 3. The number of methoxy groups -OCH3 is 1. The average Bonchev–Trinajstić information content (AvgIpc) is 2.63. The van der Waals surface area contributed by atoms with Gasteiger partial charge >= 0.3 is 6.03 Å². The minimum absolute atomic E-state index is 0.195. The standard InChI is InChI=1S/C19H14ClIN2O5/c1-9-3-4-12(8-14(9)20)23-18(26)13(17(25)22-19(23)27)6-10-5-11(21)7-15(28-2)16(10)24/h3-8,24H,1-2H3,(H,22,25,27)/b13-6-. The number of halogens is 2. The molecule has 0 unspecified atom stereocenters. The lowest BCUT2D eigenvalue weighted by molar-refractivity contribution is -0.122. The molecule has 9 heteroatoms. The van der Waals surface area contributed by atoms with Crippen LogP contribution in [0.1, 0.15) is 11.1 Å². The molecule has 1 aliphatic rings. The first kappa shape index (κ1) is 20.2. The molecule has 1 aliphatic heterocycles. The lowest BCUT2D eigenvalue weighted by Crippen LogP contribution is -2.54. The summed E-state index contributed by atoms with van der Waals surface area (Å²) in [5, 5.41) is 12.8. The summed E-state index contributed by atoms with van der Waals surface area (Å²) in [5.41, 5.74) is 0.896. The smallest absolute Gasteiger partial charge is 0.335 e. The van der Waals surface area contributed by atoms with Gasteiger partial charge in [0.1, 0.15) is 5.57 Å². The van der Waals surface area contributed by atoms with E-state index in [9.17, 15) is 19.5 Å². The van der Waals surface area contributed by atoms with Crippen LogP contribution in [0.25, 0.3) is 6.08 Å². The number of anilines is 1. The highest BCUT2D eigenvalue weighted by Crippen LogP contribution is 2.34. The van der Waals surface area contributed by atoms with E-state index in [0.717, 1.165) is 14.0 Å². The van der Waals surface area contributed by atoms with E-state index in [-0.39, 0.29) is 28.3 Å². The van der Waals surface area contributed by atoms with Crippen LogP contribution >= 0.6 is 34.2 Å². The highest BCUT2D eigenvalue weighted by atomic mass is 127. The first-order valence-electron chi connectivity index (χ1n) is 7.97. The maximum absolute atomic E-state index is 12.9. The van der Waals surface area contributed by atoms with E-state index in [4.69, 9.17) is 16.3 Å². The number of carbonyl (C=O) groups is 3. The third-order valence-electron chi connectivity index (χ3n) is 4.10. The Kier molecular flexibility index (Phi) is 5.61. The molecule has 0 bridgehead atoms. The molecule has 1 fully saturated rings. The summed E-state index contributed by atoms with van der Waals surface area (Å²) in [6.45, 7) is 1.78. The topological polar surface area (TPSA) is 95.9 Å². The number of hydrogen-bond acceptors (Lipinski definition) is 5. The van der Waals surface area contributed by atoms with Gasteiger partial charge in [0.15, 0.2) is 11.5 Å². The van der Waals surface area contributed by atoms with E-state index < -0.39 is 17.8 Å². The summed E-state index contributed by atoms with van der Waals surface area (Å²) in [6.07, 6.45) is 1.22. The monoisotopic (exact) mass is 512 g/mol. The molecule has 144 valence electrons. The Morgan fingerprint density at radius 1 is 1.21 bits per heavy atom. The molecule has 3 rings (SSSR count). The SMILES string of the molecule is COc1cc(I)cc(/C=C2/C(=O)NC(=O)N(c3ccc(C)c(Cl)c3)C2=O)c1O. The predicted molar refractivity (Wildman–Crippen MR) is 113 cm³/mol. The zero-order valence-corrected chi connectivity index (χ0v) is 17.7. The van der Waals surface area contributed by atoms with Crippen molar-refractivity contribution in [3.63, 3.8) is 0 Å². The van der Waals surface area contributed by atoms with Crippen molar-refractivity contribution in [2.75, 3.05) is 12.0 Å². The Morgan fingerprint density at radius 2 is 1.93 bits per heavy atom. The van der Waals surface area contributed by atoms with Crippen LogP contribution in [0.2, 0.25) is 5.02 Å². The van der Waals surface area contributed by atoms with Crippen LogP contribution in [0.5, 0.6) is 11.5 Å². The summed E-state index contributed by atoms with van der Waals surface area (Å²) in [7, 11) is 1.39. The second-order valence-electron chi connectivity index (χ2n) is 5.94. The van der Waals surface area contributed by atoms with Crippen molar-refractivity contribution in [1.29, 1.82) is 0 Å². The molecule has 2 aromatic rings. The molecule has 0 radical (unpaired) electrons.